The highest BCUT2D eigenvalue weighted by Gasteiger charge is 2.09. The number of fused-ring (bicyclic) bond motifs is 1. The molecule has 0 amide bonds. The number of nitrogens with zero attached hydrogens (tertiary/aromatic N) is 1. The number of pyridine rings is 1. The fraction of sp³-hybridized carbons (Fsp3) is 0.167. The standard InChI is InChI=1S/C12H9BrClNO3/c1-17-12(16)6-18-10-3-2-9(13)7-4-11(14)15-5-8(7)10/h2-5H,6H2,1H3. The summed E-state index contributed by atoms with van der Waals surface area (Å²) in [5.41, 5.74) is 0. The van der Waals surface area contributed by atoms with Crippen LogP contribution in [0.1, 0.15) is 0 Å². The number of ether oxygens (including phenoxy) is 2. The van der Waals surface area contributed by atoms with Gasteiger partial charge in [0.1, 0.15) is 10.9 Å². The molecular weight excluding hydrogens is 321 g/mol. The zero-order valence-corrected chi connectivity index (χ0v) is 11.8. The van der Waals surface area contributed by atoms with Gasteiger partial charge in [0.05, 0.1) is 7.11 Å². The molecule has 4 nitrogen and oxygen atoms in total. The average Bonchev–Trinajstić information content (AvgIpc) is 2.38. The van der Waals surface area contributed by atoms with Crippen LogP contribution in [0, 0.1) is 0 Å². The van der Waals surface area contributed by atoms with Gasteiger partial charge < -0.3 is 9.47 Å². The number of carbonyl (C=O) groups excluding carboxylic acids is 1. The lowest BCUT2D eigenvalue weighted by Crippen LogP contribution is -2.12. The smallest absolute Gasteiger partial charge is 0.343 e. The van der Waals surface area contributed by atoms with Gasteiger partial charge >= 0.3 is 5.97 Å². The third-order valence-corrected chi connectivity index (χ3v) is 3.25. The minimum Gasteiger partial charge on any atom is -0.481 e. The third-order valence-electron chi connectivity index (χ3n) is 2.35. The molecule has 0 atom stereocenters. The van der Waals surface area contributed by atoms with Gasteiger partial charge in [0.15, 0.2) is 6.61 Å². The molecule has 1 aromatic carbocycles. The number of esters is 1. The second-order valence-electron chi connectivity index (χ2n) is 3.46. The average molecular weight is 331 g/mol. The van der Waals surface area contributed by atoms with Gasteiger partial charge in [-0.15, -0.1) is 0 Å². The van der Waals surface area contributed by atoms with E-state index in [0.29, 0.717) is 10.9 Å². The highest BCUT2D eigenvalue weighted by molar-refractivity contribution is 9.10. The summed E-state index contributed by atoms with van der Waals surface area (Å²) in [4.78, 5) is 15.1. The molecule has 94 valence electrons. The Balaban J connectivity index is 2.40. The minimum atomic E-state index is -0.437. The van der Waals surface area contributed by atoms with Gasteiger partial charge in [0, 0.05) is 21.4 Å². The maximum absolute atomic E-state index is 11.0. The lowest BCUT2D eigenvalue weighted by molar-refractivity contribution is -0.142. The van der Waals surface area contributed by atoms with Gasteiger partial charge in [-0.3, -0.25) is 0 Å². The summed E-state index contributed by atoms with van der Waals surface area (Å²) < 4.78 is 10.8. The maximum Gasteiger partial charge on any atom is 0.343 e. The van der Waals surface area contributed by atoms with Crippen molar-refractivity contribution in [2.45, 2.75) is 0 Å². The van der Waals surface area contributed by atoms with E-state index in [4.69, 9.17) is 16.3 Å². The molecule has 2 aromatic rings. The number of hydrogen-bond donors (Lipinski definition) is 0. The molecule has 0 N–H and O–H groups in total. The summed E-state index contributed by atoms with van der Waals surface area (Å²) in [6.07, 6.45) is 1.61. The van der Waals surface area contributed by atoms with E-state index in [1.807, 2.05) is 6.07 Å². The Bertz CT molecular complexity index is 603. The number of hydrogen-bond acceptors (Lipinski definition) is 4. The molecule has 1 heterocycles. The molecule has 6 heteroatoms. The molecule has 0 bridgehead atoms. The Kier molecular flexibility index (Phi) is 4.04. The Morgan fingerprint density at radius 1 is 1.44 bits per heavy atom. The van der Waals surface area contributed by atoms with Crippen molar-refractivity contribution in [2.75, 3.05) is 13.7 Å². The van der Waals surface area contributed by atoms with E-state index in [1.165, 1.54) is 7.11 Å². The Morgan fingerprint density at radius 2 is 2.22 bits per heavy atom. The molecule has 0 aliphatic rings. The van der Waals surface area contributed by atoms with Crippen LogP contribution in [0.4, 0.5) is 0 Å². The molecule has 0 fully saturated rings. The quantitative estimate of drug-likeness (QED) is 0.640. The van der Waals surface area contributed by atoms with E-state index in [1.54, 1.807) is 18.3 Å². The number of carbonyl (C=O) groups is 1. The first kappa shape index (κ1) is 13.1. The molecule has 0 aliphatic carbocycles. The fourth-order valence-corrected chi connectivity index (χ4v) is 2.09. The molecular formula is C12H9BrClNO3. The molecule has 2 rings (SSSR count). The Labute approximate surface area is 117 Å². The van der Waals surface area contributed by atoms with Crippen molar-refractivity contribution >= 4 is 44.3 Å². The van der Waals surface area contributed by atoms with Crippen molar-refractivity contribution in [1.29, 1.82) is 0 Å². The van der Waals surface area contributed by atoms with E-state index in [0.717, 1.165) is 15.2 Å². The molecule has 0 saturated heterocycles. The Morgan fingerprint density at radius 3 is 2.94 bits per heavy atom. The first-order chi connectivity index (χ1) is 8.61. The molecule has 0 radical (unpaired) electrons. The van der Waals surface area contributed by atoms with Gasteiger partial charge in [-0.05, 0) is 18.2 Å². The van der Waals surface area contributed by atoms with E-state index in [-0.39, 0.29) is 6.61 Å². The van der Waals surface area contributed by atoms with Gasteiger partial charge in [-0.1, -0.05) is 27.5 Å². The van der Waals surface area contributed by atoms with Gasteiger partial charge in [0.25, 0.3) is 0 Å². The molecule has 18 heavy (non-hydrogen) atoms. The van der Waals surface area contributed by atoms with Crippen molar-refractivity contribution in [1.82, 2.24) is 4.98 Å². The van der Waals surface area contributed by atoms with Crippen LogP contribution in [0.5, 0.6) is 5.75 Å². The molecule has 1 aromatic heterocycles. The van der Waals surface area contributed by atoms with Crippen LogP contribution in [0.2, 0.25) is 5.15 Å². The number of halogens is 2. The first-order valence-corrected chi connectivity index (χ1v) is 6.22. The van der Waals surface area contributed by atoms with Gasteiger partial charge in [-0.25, -0.2) is 9.78 Å². The van der Waals surface area contributed by atoms with Crippen LogP contribution in [0.15, 0.2) is 28.9 Å². The zero-order chi connectivity index (χ0) is 13.1. The van der Waals surface area contributed by atoms with Crippen LogP contribution >= 0.6 is 27.5 Å². The topological polar surface area (TPSA) is 48.4 Å². The maximum atomic E-state index is 11.0. The minimum absolute atomic E-state index is 0.143. The lowest BCUT2D eigenvalue weighted by atomic mass is 10.1. The predicted octanol–water partition coefficient (Wildman–Crippen LogP) is 3.20. The number of methoxy groups -OCH3 is 1. The van der Waals surface area contributed by atoms with Crippen LogP contribution in [-0.2, 0) is 9.53 Å². The van der Waals surface area contributed by atoms with Crippen LogP contribution in [0.25, 0.3) is 10.8 Å². The first-order valence-electron chi connectivity index (χ1n) is 5.05. The summed E-state index contributed by atoms with van der Waals surface area (Å²) in [6.45, 7) is -0.143. The third kappa shape index (κ3) is 2.73. The summed E-state index contributed by atoms with van der Waals surface area (Å²) in [6, 6.07) is 5.31. The predicted molar refractivity (Wildman–Crippen MR) is 72.0 cm³/mol. The van der Waals surface area contributed by atoms with E-state index in [9.17, 15) is 4.79 Å². The van der Waals surface area contributed by atoms with Crippen molar-refractivity contribution < 1.29 is 14.3 Å². The largest absolute Gasteiger partial charge is 0.481 e. The monoisotopic (exact) mass is 329 g/mol. The second-order valence-corrected chi connectivity index (χ2v) is 4.70. The van der Waals surface area contributed by atoms with Crippen molar-refractivity contribution in [3.8, 4) is 5.75 Å². The van der Waals surface area contributed by atoms with Crippen LogP contribution < -0.4 is 4.74 Å². The van der Waals surface area contributed by atoms with Gasteiger partial charge in [0.2, 0.25) is 0 Å². The Hall–Kier alpha value is -1.33. The number of rotatable bonds is 3. The van der Waals surface area contributed by atoms with Crippen molar-refractivity contribution in [3.63, 3.8) is 0 Å². The molecule has 0 unspecified atom stereocenters. The van der Waals surface area contributed by atoms with E-state index < -0.39 is 5.97 Å². The van der Waals surface area contributed by atoms with Gasteiger partial charge in [-0.2, -0.15) is 0 Å². The highest BCUT2D eigenvalue weighted by Crippen LogP contribution is 2.32. The summed E-state index contributed by atoms with van der Waals surface area (Å²) in [7, 11) is 1.31. The van der Waals surface area contributed by atoms with E-state index >= 15 is 0 Å². The highest BCUT2D eigenvalue weighted by atomic mass is 79.9. The number of aromatic nitrogens is 1. The lowest BCUT2D eigenvalue weighted by Gasteiger charge is -2.09. The summed E-state index contributed by atoms with van der Waals surface area (Å²) in [5, 5.41) is 2.04. The molecule has 0 saturated carbocycles. The van der Waals surface area contributed by atoms with E-state index in [2.05, 4.69) is 25.7 Å². The fourth-order valence-electron chi connectivity index (χ4n) is 1.47. The second kappa shape index (κ2) is 5.54. The van der Waals surface area contributed by atoms with Crippen LogP contribution in [-0.4, -0.2) is 24.7 Å². The number of benzene rings is 1. The summed E-state index contributed by atoms with van der Waals surface area (Å²) in [5.74, 6) is 0.121. The zero-order valence-electron chi connectivity index (χ0n) is 9.44. The van der Waals surface area contributed by atoms with Crippen molar-refractivity contribution in [2.24, 2.45) is 0 Å². The normalized spacial score (nSPS) is 10.4. The summed E-state index contributed by atoms with van der Waals surface area (Å²) >= 11 is 9.27. The molecule has 0 aliphatic heterocycles. The molecule has 0 spiro atoms. The van der Waals surface area contributed by atoms with Crippen LogP contribution in [0.3, 0.4) is 0 Å². The van der Waals surface area contributed by atoms with Crippen molar-refractivity contribution in [3.05, 3.63) is 34.0 Å². The SMILES string of the molecule is COC(=O)COc1ccc(Br)c2cc(Cl)ncc12.